The highest BCUT2D eigenvalue weighted by atomic mass is 19.1. The van der Waals surface area contributed by atoms with Crippen molar-refractivity contribution in [2.75, 3.05) is 0 Å². The van der Waals surface area contributed by atoms with Crippen molar-refractivity contribution in [1.82, 2.24) is 10.6 Å². The molecule has 146 valence electrons. The van der Waals surface area contributed by atoms with Gasteiger partial charge >= 0.3 is 5.97 Å². The topological polar surface area (TPSA) is 113 Å². The molecular formula is C19H23FN2O5. The number of amides is 2. The Labute approximate surface area is 156 Å². The number of carbonyl (C=O) groups excluding carboxylic acids is 3. The lowest BCUT2D eigenvalue weighted by molar-refractivity contribution is -0.144. The molecule has 0 radical (unpaired) electrons. The molecule has 0 aromatic heterocycles. The Kier molecular flexibility index (Phi) is 7.04. The lowest BCUT2D eigenvalue weighted by Crippen LogP contribution is -2.54. The third kappa shape index (κ3) is 6.16. The SMILES string of the molecule is CC(=O)N[C@@H](Cc1cccc(F)c1)C(=O)N[C@H](C(=O)O)[C@H]1CCCC(=O)C1. The maximum absolute atomic E-state index is 13.4. The van der Waals surface area contributed by atoms with Crippen LogP contribution in [-0.4, -0.2) is 40.8 Å². The highest BCUT2D eigenvalue weighted by Crippen LogP contribution is 2.24. The molecule has 7 nitrogen and oxygen atoms in total. The average Bonchev–Trinajstić information content (AvgIpc) is 2.58. The lowest BCUT2D eigenvalue weighted by atomic mass is 9.83. The van der Waals surface area contributed by atoms with E-state index in [4.69, 9.17) is 0 Å². The van der Waals surface area contributed by atoms with Gasteiger partial charge in [0, 0.05) is 26.2 Å². The molecule has 0 saturated heterocycles. The molecule has 3 atom stereocenters. The average molecular weight is 378 g/mol. The summed E-state index contributed by atoms with van der Waals surface area (Å²) in [7, 11) is 0. The quantitative estimate of drug-likeness (QED) is 0.660. The first kappa shape index (κ1) is 20.5. The molecule has 2 amide bonds. The number of aliphatic carboxylic acids is 1. The monoisotopic (exact) mass is 378 g/mol. The van der Waals surface area contributed by atoms with Crippen molar-refractivity contribution >= 4 is 23.6 Å². The van der Waals surface area contributed by atoms with Crippen molar-refractivity contribution in [3.8, 4) is 0 Å². The molecule has 0 bridgehead atoms. The molecule has 1 aliphatic rings. The number of hydrogen-bond donors (Lipinski definition) is 3. The van der Waals surface area contributed by atoms with Crippen molar-refractivity contribution in [3.63, 3.8) is 0 Å². The molecule has 3 N–H and O–H groups in total. The molecule has 1 aliphatic carbocycles. The summed E-state index contributed by atoms with van der Waals surface area (Å²) in [5.41, 5.74) is 0.489. The highest BCUT2D eigenvalue weighted by Gasteiger charge is 2.35. The number of benzene rings is 1. The van der Waals surface area contributed by atoms with Crippen LogP contribution in [0, 0.1) is 11.7 Å². The summed E-state index contributed by atoms with van der Waals surface area (Å²) in [6.07, 6.45) is 1.65. The number of rotatable bonds is 7. The van der Waals surface area contributed by atoms with Crippen LogP contribution in [-0.2, 0) is 25.6 Å². The van der Waals surface area contributed by atoms with Gasteiger partial charge in [0.05, 0.1) is 0 Å². The fourth-order valence-electron chi connectivity index (χ4n) is 3.33. The van der Waals surface area contributed by atoms with Gasteiger partial charge in [-0.3, -0.25) is 14.4 Å². The lowest BCUT2D eigenvalue weighted by Gasteiger charge is -2.29. The minimum Gasteiger partial charge on any atom is -0.480 e. The number of nitrogens with one attached hydrogen (secondary N) is 2. The van der Waals surface area contributed by atoms with Gasteiger partial charge in [-0.25, -0.2) is 9.18 Å². The molecule has 27 heavy (non-hydrogen) atoms. The van der Waals surface area contributed by atoms with Gasteiger partial charge in [0.2, 0.25) is 11.8 Å². The predicted octanol–water partition coefficient (Wildman–Crippen LogP) is 1.20. The van der Waals surface area contributed by atoms with E-state index in [0.717, 1.165) is 0 Å². The maximum atomic E-state index is 13.4. The van der Waals surface area contributed by atoms with Gasteiger partial charge in [0.25, 0.3) is 0 Å². The standard InChI is InChI=1S/C19H23FN2O5/c1-11(23)21-16(9-12-4-2-6-14(20)8-12)18(25)22-17(19(26)27)13-5-3-7-15(24)10-13/h2,4,6,8,13,16-17H,3,5,7,9-10H2,1H3,(H,21,23)(H,22,25)(H,26,27)/t13-,16-,17-/m0/s1. The Hall–Kier alpha value is -2.77. The zero-order chi connectivity index (χ0) is 20.0. The number of hydrogen-bond acceptors (Lipinski definition) is 4. The Morgan fingerprint density at radius 3 is 2.63 bits per heavy atom. The van der Waals surface area contributed by atoms with Crippen LogP contribution in [0.3, 0.4) is 0 Å². The van der Waals surface area contributed by atoms with E-state index in [1.165, 1.54) is 25.1 Å². The van der Waals surface area contributed by atoms with Crippen molar-refractivity contribution in [2.45, 2.75) is 51.1 Å². The molecule has 1 fully saturated rings. The molecule has 0 spiro atoms. The van der Waals surface area contributed by atoms with E-state index in [1.54, 1.807) is 6.07 Å². The van der Waals surface area contributed by atoms with Crippen LogP contribution in [0.4, 0.5) is 4.39 Å². The first-order valence-corrected chi connectivity index (χ1v) is 8.82. The molecular weight excluding hydrogens is 355 g/mol. The number of carboxylic acids is 1. The third-order valence-electron chi connectivity index (χ3n) is 4.58. The van der Waals surface area contributed by atoms with Crippen molar-refractivity contribution < 1.29 is 28.7 Å². The predicted molar refractivity (Wildman–Crippen MR) is 94.2 cm³/mol. The van der Waals surface area contributed by atoms with E-state index < -0.39 is 41.6 Å². The molecule has 1 aromatic rings. The molecule has 8 heteroatoms. The van der Waals surface area contributed by atoms with Gasteiger partial charge in [-0.15, -0.1) is 0 Å². The number of ketones is 1. The molecule has 0 heterocycles. The van der Waals surface area contributed by atoms with E-state index in [1.807, 2.05) is 0 Å². The largest absolute Gasteiger partial charge is 0.480 e. The van der Waals surface area contributed by atoms with Crippen molar-refractivity contribution in [1.29, 1.82) is 0 Å². The van der Waals surface area contributed by atoms with Crippen LogP contribution in [0.15, 0.2) is 24.3 Å². The molecule has 1 saturated carbocycles. The molecule has 2 rings (SSSR count). The fourth-order valence-corrected chi connectivity index (χ4v) is 3.33. The fraction of sp³-hybridized carbons (Fsp3) is 0.474. The van der Waals surface area contributed by atoms with Gasteiger partial charge < -0.3 is 15.7 Å². The minimum atomic E-state index is -1.23. The summed E-state index contributed by atoms with van der Waals surface area (Å²) < 4.78 is 13.4. The third-order valence-corrected chi connectivity index (χ3v) is 4.58. The normalized spacial score (nSPS) is 19.0. The first-order chi connectivity index (χ1) is 12.8. The summed E-state index contributed by atoms with van der Waals surface area (Å²) in [6, 6.07) is 3.34. The van der Waals surface area contributed by atoms with Gasteiger partial charge in [-0.05, 0) is 36.5 Å². The number of carboxylic acid groups (broad SMARTS) is 1. The van der Waals surface area contributed by atoms with Crippen LogP contribution in [0.25, 0.3) is 0 Å². The Bertz CT molecular complexity index is 737. The number of carbonyl (C=O) groups is 4. The summed E-state index contributed by atoms with van der Waals surface area (Å²) in [4.78, 5) is 47.4. The Morgan fingerprint density at radius 1 is 1.30 bits per heavy atom. The van der Waals surface area contributed by atoms with Gasteiger partial charge in [0.15, 0.2) is 0 Å². The zero-order valence-electron chi connectivity index (χ0n) is 15.0. The van der Waals surface area contributed by atoms with E-state index in [2.05, 4.69) is 10.6 Å². The number of Topliss-reactive ketones (excluding diaryl/α,β-unsaturated/α-hetero) is 1. The van der Waals surface area contributed by atoms with Crippen LogP contribution in [0.1, 0.15) is 38.2 Å². The van der Waals surface area contributed by atoms with Crippen LogP contribution >= 0.6 is 0 Å². The second-order valence-corrected chi connectivity index (χ2v) is 6.81. The highest BCUT2D eigenvalue weighted by molar-refractivity contribution is 5.90. The van der Waals surface area contributed by atoms with Crippen molar-refractivity contribution in [3.05, 3.63) is 35.6 Å². The Balaban J connectivity index is 2.13. The van der Waals surface area contributed by atoms with E-state index >= 15 is 0 Å². The molecule has 1 aromatic carbocycles. The maximum Gasteiger partial charge on any atom is 0.326 e. The minimum absolute atomic E-state index is 0.0130. The summed E-state index contributed by atoms with van der Waals surface area (Å²) in [5.74, 6) is -3.36. The van der Waals surface area contributed by atoms with Crippen molar-refractivity contribution in [2.24, 2.45) is 5.92 Å². The molecule has 0 unspecified atom stereocenters. The van der Waals surface area contributed by atoms with Gasteiger partial charge in [0.1, 0.15) is 23.7 Å². The van der Waals surface area contributed by atoms with Crippen LogP contribution in [0.2, 0.25) is 0 Å². The summed E-state index contributed by atoms with van der Waals surface area (Å²) in [5, 5.41) is 14.4. The van der Waals surface area contributed by atoms with E-state index in [-0.39, 0.29) is 18.6 Å². The van der Waals surface area contributed by atoms with Gasteiger partial charge in [-0.2, -0.15) is 0 Å². The smallest absolute Gasteiger partial charge is 0.326 e. The van der Waals surface area contributed by atoms with Crippen LogP contribution in [0.5, 0.6) is 0 Å². The first-order valence-electron chi connectivity index (χ1n) is 8.82. The second-order valence-electron chi connectivity index (χ2n) is 6.81. The summed E-state index contributed by atoms with van der Waals surface area (Å²) >= 11 is 0. The Morgan fingerprint density at radius 2 is 2.04 bits per heavy atom. The molecule has 0 aliphatic heterocycles. The zero-order valence-corrected chi connectivity index (χ0v) is 15.0. The van der Waals surface area contributed by atoms with Gasteiger partial charge in [-0.1, -0.05) is 12.1 Å². The summed E-state index contributed by atoms with van der Waals surface area (Å²) in [6.45, 7) is 1.24. The van der Waals surface area contributed by atoms with Crippen LogP contribution < -0.4 is 10.6 Å². The second kappa shape index (κ2) is 9.25. The number of halogens is 1. The van der Waals surface area contributed by atoms with E-state index in [9.17, 15) is 28.7 Å². The van der Waals surface area contributed by atoms with E-state index in [0.29, 0.717) is 24.8 Å².